The van der Waals surface area contributed by atoms with Crippen LogP contribution in [0.25, 0.3) is 0 Å². The van der Waals surface area contributed by atoms with E-state index in [9.17, 15) is 19.2 Å². The third-order valence-corrected chi connectivity index (χ3v) is 3.34. The van der Waals surface area contributed by atoms with Crippen LogP contribution in [0, 0.1) is 0 Å². The minimum absolute atomic E-state index is 0.0209. The number of nitrogens with one attached hydrogen (secondary N) is 3. The Morgan fingerprint density at radius 1 is 0.920 bits per heavy atom. The third-order valence-electron chi connectivity index (χ3n) is 3.34. The van der Waals surface area contributed by atoms with Crippen LogP contribution in [0.3, 0.4) is 0 Å². The average Bonchev–Trinajstić information content (AvgIpc) is 2.57. The van der Waals surface area contributed by atoms with Crippen molar-refractivity contribution in [1.82, 2.24) is 16.2 Å². The SMILES string of the molecule is CCCc1ccc(C(=O)CCC(=O)NNC(=O)C(=O)NC(C)C)cc1. The van der Waals surface area contributed by atoms with E-state index in [2.05, 4.69) is 17.7 Å². The molecular formula is C18H25N3O4. The summed E-state index contributed by atoms with van der Waals surface area (Å²) in [4.78, 5) is 46.5. The van der Waals surface area contributed by atoms with Gasteiger partial charge in [0, 0.05) is 24.4 Å². The van der Waals surface area contributed by atoms with Crippen LogP contribution >= 0.6 is 0 Å². The first-order valence-corrected chi connectivity index (χ1v) is 8.35. The predicted molar refractivity (Wildman–Crippen MR) is 93.6 cm³/mol. The number of ketones is 1. The van der Waals surface area contributed by atoms with E-state index in [1.165, 1.54) is 5.56 Å². The van der Waals surface area contributed by atoms with Crippen molar-refractivity contribution in [2.24, 2.45) is 0 Å². The highest BCUT2D eigenvalue weighted by Crippen LogP contribution is 2.09. The Bertz CT molecular complexity index is 624. The molecule has 1 aromatic carbocycles. The molecule has 0 atom stereocenters. The van der Waals surface area contributed by atoms with E-state index >= 15 is 0 Å². The first-order chi connectivity index (χ1) is 11.8. The van der Waals surface area contributed by atoms with Crippen LogP contribution in [0.4, 0.5) is 0 Å². The average molecular weight is 347 g/mol. The van der Waals surface area contributed by atoms with Gasteiger partial charge in [-0.3, -0.25) is 30.0 Å². The van der Waals surface area contributed by atoms with E-state index in [-0.39, 0.29) is 24.7 Å². The van der Waals surface area contributed by atoms with Gasteiger partial charge in [0.2, 0.25) is 5.91 Å². The van der Waals surface area contributed by atoms with Crippen molar-refractivity contribution in [3.8, 4) is 0 Å². The molecule has 0 saturated heterocycles. The molecule has 25 heavy (non-hydrogen) atoms. The quantitative estimate of drug-likeness (QED) is 0.392. The van der Waals surface area contributed by atoms with Gasteiger partial charge in [0.15, 0.2) is 5.78 Å². The summed E-state index contributed by atoms with van der Waals surface area (Å²) in [7, 11) is 0. The van der Waals surface area contributed by atoms with Crippen molar-refractivity contribution in [2.45, 2.75) is 52.5 Å². The maximum Gasteiger partial charge on any atom is 0.327 e. The maximum atomic E-state index is 12.1. The third kappa shape index (κ3) is 7.60. The summed E-state index contributed by atoms with van der Waals surface area (Å²) in [5.41, 5.74) is 5.84. The largest absolute Gasteiger partial charge is 0.346 e. The zero-order valence-electron chi connectivity index (χ0n) is 14.8. The molecule has 0 spiro atoms. The number of aryl methyl sites for hydroxylation is 1. The summed E-state index contributed by atoms with van der Waals surface area (Å²) in [6.07, 6.45) is 1.93. The summed E-state index contributed by atoms with van der Waals surface area (Å²) in [5.74, 6) is -2.48. The summed E-state index contributed by atoms with van der Waals surface area (Å²) in [6, 6.07) is 7.14. The lowest BCUT2D eigenvalue weighted by molar-refractivity contribution is -0.141. The van der Waals surface area contributed by atoms with Crippen LogP contribution in [0.1, 0.15) is 56.0 Å². The van der Waals surface area contributed by atoms with Crippen molar-refractivity contribution in [1.29, 1.82) is 0 Å². The van der Waals surface area contributed by atoms with E-state index in [0.717, 1.165) is 12.8 Å². The molecule has 1 aromatic rings. The fourth-order valence-electron chi connectivity index (χ4n) is 2.09. The lowest BCUT2D eigenvalue weighted by atomic mass is 10.0. The topological polar surface area (TPSA) is 104 Å². The van der Waals surface area contributed by atoms with Gasteiger partial charge in [-0.05, 0) is 25.8 Å². The van der Waals surface area contributed by atoms with Crippen molar-refractivity contribution in [2.75, 3.05) is 0 Å². The smallest absolute Gasteiger partial charge is 0.327 e. The fourth-order valence-corrected chi connectivity index (χ4v) is 2.09. The molecule has 7 nitrogen and oxygen atoms in total. The van der Waals surface area contributed by atoms with Crippen LogP contribution in [-0.2, 0) is 20.8 Å². The predicted octanol–water partition coefficient (Wildman–Crippen LogP) is 1.27. The highest BCUT2D eigenvalue weighted by molar-refractivity contribution is 6.35. The molecule has 136 valence electrons. The summed E-state index contributed by atoms with van der Waals surface area (Å²) >= 11 is 0. The zero-order chi connectivity index (χ0) is 18.8. The molecule has 3 N–H and O–H groups in total. The lowest BCUT2D eigenvalue weighted by Gasteiger charge is -2.09. The van der Waals surface area contributed by atoms with Gasteiger partial charge >= 0.3 is 11.8 Å². The first-order valence-electron chi connectivity index (χ1n) is 8.35. The minimum Gasteiger partial charge on any atom is -0.346 e. The monoisotopic (exact) mass is 347 g/mol. The van der Waals surface area contributed by atoms with Crippen LogP contribution in [0.2, 0.25) is 0 Å². The normalized spacial score (nSPS) is 10.2. The number of rotatable bonds is 7. The Morgan fingerprint density at radius 2 is 1.56 bits per heavy atom. The fraction of sp³-hybridized carbons (Fsp3) is 0.444. The summed E-state index contributed by atoms with van der Waals surface area (Å²) in [6.45, 7) is 5.51. The number of hydrogen-bond donors (Lipinski definition) is 3. The van der Waals surface area contributed by atoms with E-state index < -0.39 is 17.7 Å². The van der Waals surface area contributed by atoms with Gasteiger partial charge in [0.1, 0.15) is 0 Å². The molecule has 0 fully saturated rings. The Hall–Kier alpha value is -2.70. The highest BCUT2D eigenvalue weighted by atomic mass is 16.2. The molecule has 0 saturated carbocycles. The number of benzene rings is 1. The molecule has 7 heteroatoms. The van der Waals surface area contributed by atoms with Gasteiger partial charge in [-0.15, -0.1) is 0 Å². The maximum absolute atomic E-state index is 12.1. The number of carbonyl (C=O) groups excluding carboxylic acids is 4. The number of hydrogen-bond acceptors (Lipinski definition) is 4. The number of Topliss-reactive ketones (excluding diaryl/α,β-unsaturated/α-hetero) is 1. The molecule has 0 bridgehead atoms. The van der Waals surface area contributed by atoms with Gasteiger partial charge in [-0.2, -0.15) is 0 Å². The second kappa shape index (κ2) is 10.2. The second-order valence-corrected chi connectivity index (χ2v) is 6.00. The standard InChI is InChI=1S/C18H25N3O4/c1-4-5-13-6-8-14(9-7-13)15(22)10-11-16(23)20-21-18(25)17(24)19-12(2)3/h6-9,12H,4-5,10-11H2,1-3H3,(H,19,24)(H,20,23)(H,21,25). The van der Waals surface area contributed by atoms with Crippen LogP contribution in [-0.4, -0.2) is 29.5 Å². The Balaban J connectivity index is 2.36. The Morgan fingerprint density at radius 3 is 2.12 bits per heavy atom. The van der Waals surface area contributed by atoms with Gasteiger partial charge in [0.05, 0.1) is 0 Å². The van der Waals surface area contributed by atoms with E-state index in [4.69, 9.17) is 0 Å². The molecular weight excluding hydrogens is 322 g/mol. The molecule has 0 aliphatic carbocycles. The van der Waals surface area contributed by atoms with Crippen LogP contribution < -0.4 is 16.2 Å². The molecule has 1 rings (SSSR count). The molecule has 3 amide bonds. The summed E-state index contributed by atoms with van der Waals surface area (Å²) in [5, 5.41) is 2.40. The molecule has 0 aliphatic heterocycles. The molecule has 0 aromatic heterocycles. The van der Waals surface area contributed by atoms with E-state index in [1.807, 2.05) is 17.6 Å². The van der Waals surface area contributed by atoms with Crippen LogP contribution in [0.5, 0.6) is 0 Å². The number of hydrazine groups is 1. The Kier molecular flexibility index (Phi) is 8.32. The van der Waals surface area contributed by atoms with Crippen molar-refractivity contribution >= 4 is 23.5 Å². The zero-order valence-corrected chi connectivity index (χ0v) is 14.8. The second-order valence-electron chi connectivity index (χ2n) is 6.00. The van der Waals surface area contributed by atoms with Gasteiger partial charge in [-0.25, -0.2) is 0 Å². The highest BCUT2D eigenvalue weighted by Gasteiger charge is 2.15. The van der Waals surface area contributed by atoms with Crippen molar-refractivity contribution in [3.63, 3.8) is 0 Å². The molecule has 0 unspecified atom stereocenters. The van der Waals surface area contributed by atoms with Crippen molar-refractivity contribution < 1.29 is 19.2 Å². The minimum atomic E-state index is -0.958. The molecule has 0 heterocycles. The Labute approximate surface area is 147 Å². The van der Waals surface area contributed by atoms with Crippen LogP contribution in [0.15, 0.2) is 24.3 Å². The van der Waals surface area contributed by atoms with Gasteiger partial charge in [-0.1, -0.05) is 37.6 Å². The summed E-state index contributed by atoms with van der Waals surface area (Å²) < 4.78 is 0. The van der Waals surface area contributed by atoms with Gasteiger partial charge in [0.25, 0.3) is 0 Å². The van der Waals surface area contributed by atoms with Gasteiger partial charge < -0.3 is 5.32 Å². The van der Waals surface area contributed by atoms with E-state index in [0.29, 0.717) is 5.56 Å². The molecule has 0 aliphatic rings. The first kappa shape index (κ1) is 20.3. The lowest BCUT2D eigenvalue weighted by Crippen LogP contribution is -2.49. The number of amides is 3. The van der Waals surface area contributed by atoms with Crippen molar-refractivity contribution in [3.05, 3.63) is 35.4 Å². The molecule has 0 radical (unpaired) electrons. The number of carbonyl (C=O) groups is 4. The van der Waals surface area contributed by atoms with E-state index in [1.54, 1.807) is 26.0 Å².